The van der Waals surface area contributed by atoms with Crippen molar-refractivity contribution >= 4 is 17.3 Å². The average molecular weight is 236 g/mol. The number of nitrogens with zero attached hydrogens (tertiary/aromatic N) is 2. The fourth-order valence-electron chi connectivity index (χ4n) is 1.65. The summed E-state index contributed by atoms with van der Waals surface area (Å²) in [5, 5.41) is 4.86. The van der Waals surface area contributed by atoms with Crippen molar-refractivity contribution in [2.45, 2.75) is 19.9 Å². The maximum absolute atomic E-state index is 6.01. The van der Waals surface area contributed by atoms with Gasteiger partial charge in [0.25, 0.3) is 0 Å². The van der Waals surface area contributed by atoms with Gasteiger partial charge in [0.2, 0.25) is 0 Å². The van der Waals surface area contributed by atoms with Crippen molar-refractivity contribution in [2.24, 2.45) is 0 Å². The van der Waals surface area contributed by atoms with Gasteiger partial charge in [-0.05, 0) is 24.6 Å². The van der Waals surface area contributed by atoms with E-state index in [0.29, 0.717) is 10.7 Å². The van der Waals surface area contributed by atoms with Gasteiger partial charge in [0.15, 0.2) is 0 Å². The summed E-state index contributed by atoms with van der Waals surface area (Å²) in [4.78, 5) is 0. The van der Waals surface area contributed by atoms with Crippen molar-refractivity contribution in [3.05, 3.63) is 35.5 Å². The molecule has 2 N–H and O–H groups in total. The summed E-state index contributed by atoms with van der Waals surface area (Å²) in [6, 6.07) is 7.64. The van der Waals surface area contributed by atoms with E-state index < -0.39 is 0 Å². The quantitative estimate of drug-likeness (QED) is 0.831. The molecule has 0 aliphatic heterocycles. The first-order valence-corrected chi connectivity index (χ1v) is 5.67. The fourth-order valence-corrected chi connectivity index (χ4v) is 1.83. The Morgan fingerprint density at radius 2 is 2.19 bits per heavy atom. The summed E-state index contributed by atoms with van der Waals surface area (Å²) in [5.41, 5.74) is 8.41. The summed E-state index contributed by atoms with van der Waals surface area (Å²) in [6.07, 6.45) is 2.85. The molecule has 3 nitrogen and oxygen atoms in total. The normalized spacial score (nSPS) is 10.6. The van der Waals surface area contributed by atoms with E-state index in [2.05, 4.69) is 12.0 Å². The molecule has 0 saturated heterocycles. The first kappa shape index (κ1) is 11.0. The van der Waals surface area contributed by atoms with Crippen molar-refractivity contribution in [3.8, 4) is 11.3 Å². The molecule has 0 radical (unpaired) electrons. The van der Waals surface area contributed by atoms with Crippen LogP contribution in [-0.4, -0.2) is 9.78 Å². The number of hydrogen-bond acceptors (Lipinski definition) is 2. The summed E-state index contributed by atoms with van der Waals surface area (Å²) < 4.78 is 1.97. The van der Waals surface area contributed by atoms with Crippen molar-refractivity contribution in [1.29, 1.82) is 0 Å². The third-order valence-corrected chi connectivity index (χ3v) is 2.78. The van der Waals surface area contributed by atoms with Gasteiger partial charge in [-0.2, -0.15) is 5.10 Å². The Morgan fingerprint density at radius 1 is 1.38 bits per heavy atom. The van der Waals surface area contributed by atoms with Gasteiger partial charge < -0.3 is 5.73 Å². The second-order valence-electron chi connectivity index (χ2n) is 3.68. The van der Waals surface area contributed by atoms with Crippen molar-refractivity contribution in [2.75, 3.05) is 5.73 Å². The van der Waals surface area contributed by atoms with Crippen LogP contribution in [0.5, 0.6) is 0 Å². The Hall–Kier alpha value is -1.48. The highest BCUT2D eigenvalue weighted by Crippen LogP contribution is 2.26. The monoisotopic (exact) mass is 235 g/mol. The average Bonchev–Trinajstić information content (AvgIpc) is 2.71. The number of rotatable bonds is 3. The number of benzene rings is 1. The van der Waals surface area contributed by atoms with Gasteiger partial charge in [-0.15, -0.1) is 0 Å². The molecule has 0 amide bonds. The molecule has 0 spiro atoms. The number of nitrogen functional groups attached to an aromatic ring is 1. The van der Waals surface area contributed by atoms with E-state index >= 15 is 0 Å². The number of aromatic nitrogens is 2. The smallest absolute Gasteiger partial charge is 0.0682 e. The molecule has 2 aromatic rings. The van der Waals surface area contributed by atoms with Gasteiger partial charge in [0.1, 0.15) is 0 Å². The van der Waals surface area contributed by atoms with Crippen molar-refractivity contribution in [3.63, 3.8) is 0 Å². The summed E-state index contributed by atoms with van der Waals surface area (Å²) in [6.45, 7) is 3.03. The predicted molar refractivity (Wildman–Crippen MR) is 67.4 cm³/mol. The number of aryl methyl sites for hydroxylation is 1. The van der Waals surface area contributed by atoms with Crippen molar-refractivity contribution < 1.29 is 0 Å². The maximum atomic E-state index is 6.01. The zero-order chi connectivity index (χ0) is 11.5. The molecule has 0 atom stereocenters. The molecule has 2 rings (SSSR count). The molecular formula is C12H14ClN3. The lowest BCUT2D eigenvalue weighted by Gasteiger charge is -2.07. The van der Waals surface area contributed by atoms with Crippen molar-refractivity contribution in [1.82, 2.24) is 9.78 Å². The highest BCUT2D eigenvalue weighted by molar-refractivity contribution is 6.33. The molecule has 16 heavy (non-hydrogen) atoms. The Balaban J connectivity index is 2.42. The van der Waals surface area contributed by atoms with E-state index in [1.807, 2.05) is 28.9 Å². The highest BCUT2D eigenvalue weighted by Gasteiger charge is 2.06. The molecule has 84 valence electrons. The third-order valence-electron chi connectivity index (χ3n) is 2.45. The van der Waals surface area contributed by atoms with Gasteiger partial charge in [0, 0.05) is 18.3 Å². The Labute approximate surface area is 99.8 Å². The van der Waals surface area contributed by atoms with E-state index in [1.54, 1.807) is 6.20 Å². The topological polar surface area (TPSA) is 43.8 Å². The van der Waals surface area contributed by atoms with Crippen LogP contribution in [0, 0.1) is 0 Å². The van der Waals surface area contributed by atoms with Gasteiger partial charge in [0.05, 0.1) is 16.4 Å². The molecule has 0 bridgehead atoms. The third kappa shape index (κ3) is 2.04. The van der Waals surface area contributed by atoms with E-state index in [1.165, 1.54) is 0 Å². The Bertz CT molecular complexity index is 491. The minimum Gasteiger partial charge on any atom is -0.398 e. The van der Waals surface area contributed by atoms with Crippen LogP contribution < -0.4 is 5.73 Å². The molecule has 4 heteroatoms. The molecule has 0 fully saturated rings. The van der Waals surface area contributed by atoms with Crippen LogP contribution in [0.2, 0.25) is 5.02 Å². The maximum Gasteiger partial charge on any atom is 0.0682 e. The Morgan fingerprint density at radius 3 is 2.88 bits per heavy atom. The van der Waals surface area contributed by atoms with Crippen LogP contribution >= 0.6 is 11.6 Å². The second-order valence-corrected chi connectivity index (χ2v) is 4.08. The zero-order valence-corrected chi connectivity index (χ0v) is 9.91. The summed E-state index contributed by atoms with van der Waals surface area (Å²) >= 11 is 6.01. The number of hydrogen-bond donors (Lipinski definition) is 1. The van der Waals surface area contributed by atoms with E-state index in [0.717, 1.165) is 24.2 Å². The first-order valence-electron chi connectivity index (χ1n) is 5.29. The van der Waals surface area contributed by atoms with Crippen LogP contribution in [0.25, 0.3) is 11.3 Å². The number of anilines is 1. The Kier molecular flexibility index (Phi) is 3.15. The lowest BCUT2D eigenvalue weighted by molar-refractivity contribution is 0.609. The molecule has 0 aliphatic carbocycles. The standard InChI is InChI=1S/C12H14ClN3/c1-2-7-16-12(5-6-15-16)9-3-4-11(14)10(13)8-9/h3-6,8H,2,7,14H2,1H3. The lowest BCUT2D eigenvalue weighted by atomic mass is 10.1. The van der Waals surface area contributed by atoms with Gasteiger partial charge in [-0.1, -0.05) is 24.6 Å². The lowest BCUT2D eigenvalue weighted by Crippen LogP contribution is -2.01. The largest absolute Gasteiger partial charge is 0.398 e. The van der Waals surface area contributed by atoms with Crippen LogP contribution in [0.15, 0.2) is 30.5 Å². The highest BCUT2D eigenvalue weighted by atomic mass is 35.5. The SMILES string of the molecule is CCCn1nccc1-c1ccc(N)c(Cl)c1. The molecular weight excluding hydrogens is 222 g/mol. The predicted octanol–water partition coefficient (Wildman–Crippen LogP) is 3.20. The number of nitrogens with two attached hydrogens (primary N) is 1. The van der Waals surface area contributed by atoms with E-state index in [9.17, 15) is 0 Å². The van der Waals surface area contributed by atoms with Crippen LogP contribution in [0.3, 0.4) is 0 Å². The van der Waals surface area contributed by atoms with Gasteiger partial charge in [-0.25, -0.2) is 0 Å². The first-order chi connectivity index (χ1) is 7.72. The summed E-state index contributed by atoms with van der Waals surface area (Å²) in [5.74, 6) is 0. The fraction of sp³-hybridized carbons (Fsp3) is 0.250. The molecule has 0 saturated carbocycles. The second kappa shape index (κ2) is 4.58. The summed E-state index contributed by atoms with van der Waals surface area (Å²) in [7, 11) is 0. The molecule has 0 aliphatic rings. The van der Waals surface area contributed by atoms with Gasteiger partial charge in [-0.3, -0.25) is 4.68 Å². The molecule has 1 aromatic heterocycles. The van der Waals surface area contributed by atoms with Crippen LogP contribution in [0.1, 0.15) is 13.3 Å². The van der Waals surface area contributed by atoms with Crippen LogP contribution in [-0.2, 0) is 6.54 Å². The van der Waals surface area contributed by atoms with E-state index in [-0.39, 0.29) is 0 Å². The van der Waals surface area contributed by atoms with Gasteiger partial charge >= 0.3 is 0 Å². The number of halogens is 1. The minimum absolute atomic E-state index is 0.585. The molecule has 1 heterocycles. The zero-order valence-electron chi connectivity index (χ0n) is 9.15. The molecule has 0 unspecified atom stereocenters. The van der Waals surface area contributed by atoms with E-state index in [4.69, 9.17) is 17.3 Å². The molecule has 1 aromatic carbocycles. The minimum atomic E-state index is 0.585. The van der Waals surface area contributed by atoms with Crippen LogP contribution in [0.4, 0.5) is 5.69 Å².